The summed E-state index contributed by atoms with van der Waals surface area (Å²) in [4.78, 5) is 37.4. The number of nitrogens with zero attached hydrogens (tertiary/aromatic N) is 3. The van der Waals surface area contributed by atoms with Crippen LogP contribution in [0, 0.1) is 5.41 Å². The van der Waals surface area contributed by atoms with Crippen molar-refractivity contribution in [3.05, 3.63) is 26.4 Å². The van der Waals surface area contributed by atoms with Crippen LogP contribution in [0.5, 0.6) is 0 Å². The van der Waals surface area contributed by atoms with Crippen molar-refractivity contribution in [2.75, 3.05) is 19.8 Å². The fraction of sp³-hybridized carbons (Fsp3) is 0.583. The molecule has 2 amide bonds. The first kappa shape index (κ1) is 26.4. The van der Waals surface area contributed by atoms with Gasteiger partial charge in [0, 0.05) is 29.2 Å². The summed E-state index contributed by atoms with van der Waals surface area (Å²) in [6, 6.07) is 1.94. The lowest BCUT2D eigenvalue weighted by Crippen LogP contribution is -2.46. The second-order valence-corrected chi connectivity index (χ2v) is 11.5. The lowest BCUT2D eigenvalue weighted by Gasteiger charge is -2.28. The number of fused-ring (bicyclic) bond motifs is 1. The van der Waals surface area contributed by atoms with Crippen LogP contribution in [0.25, 0.3) is 5.70 Å². The number of amides is 2. The van der Waals surface area contributed by atoms with E-state index in [0.29, 0.717) is 42.0 Å². The molecule has 34 heavy (non-hydrogen) atoms. The Morgan fingerprint density at radius 1 is 1.38 bits per heavy atom. The standard InChI is InChI=1S/C24H34ClN5O3S/c1-14(25)21(29-23(26-6)28-16-7-9-33-10-8-16)18-11-17-19(34-18)12-30(22(17)32)13-20(31)27-15(2)24(3,4)5/h11,15-16H,6-10,12-13H2,1-5H3,(H,27,31)(H,28,29)/b21-14+/t15-/m1/s1. The van der Waals surface area contributed by atoms with E-state index in [1.165, 1.54) is 11.3 Å². The van der Waals surface area contributed by atoms with Crippen molar-refractivity contribution in [3.8, 4) is 0 Å². The second kappa shape index (κ2) is 11.0. The number of nitrogens with one attached hydrogen (secondary N) is 2. The fourth-order valence-corrected chi connectivity index (χ4v) is 5.03. The molecule has 0 aliphatic carbocycles. The van der Waals surface area contributed by atoms with Crippen molar-refractivity contribution in [1.29, 1.82) is 0 Å². The molecule has 1 fully saturated rings. The third-order valence-corrected chi connectivity index (χ3v) is 7.47. The molecule has 3 rings (SSSR count). The van der Waals surface area contributed by atoms with Gasteiger partial charge in [0.05, 0.1) is 28.7 Å². The Labute approximate surface area is 210 Å². The zero-order valence-corrected chi connectivity index (χ0v) is 22.1. The Hall–Kier alpha value is -2.23. The van der Waals surface area contributed by atoms with Crippen LogP contribution < -0.4 is 10.6 Å². The number of aliphatic imine (C=N–C) groups is 2. The summed E-state index contributed by atoms with van der Waals surface area (Å²) >= 11 is 7.88. The van der Waals surface area contributed by atoms with Gasteiger partial charge in [0.25, 0.3) is 5.91 Å². The minimum absolute atomic E-state index is 0.000633. The number of guanidine groups is 1. The van der Waals surface area contributed by atoms with E-state index in [0.717, 1.165) is 22.6 Å². The van der Waals surface area contributed by atoms with Crippen LogP contribution in [-0.4, -0.2) is 61.2 Å². The minimum Gasteiger partial charge on any atom is -0.381 e. The summed E-state index contributed by atoms with van der Waals surface area (Å²) in [6.07, 6.45) is 1.67. The molecule has 0 saturated carbocycles. The van der Waals surface area contributed by atoms with Crippen LogP contribution in [-0.2, 0) is 16.1 Å². The van der Waals surface area contributed by atoms with Gasteiger partial charge >= 0.3 is 0 Å². The molecule has 2 N–H and O–H groups in total. The normalized spacial score (nSPS) is 18.9. The highest BCUT2D eigenvalue weighted by Gasteiger charge is 2.33. The Bertz CT molecular complexity index is 1000. The van der Waals surface area contributed by atoms with Gasteiger partial charge in [0.1, 0.15) is 6.54 Å². The summed E-state index contributed by atoms with van der Waals surface area (Å²) in [5, 5.41) is 6.72. The number of thiophene rings is 1. The van der Waals surface area contributed by atoms with Gasteiger partial charge in [0.2, 0.25) is 11.9 Å². The van der Waals surface area contributed by atoms with Crippen molar-refractivity contribution in [2.45, 2.75) is 66.1 Å². The Kier molecular flexibility index (Phi) is 8.54. The first-order valence-electron chi connectivity index (χ1n) is 11.5. The number of ether oxygens (including phenoxy) is 1. The molecular weight excluding hydrogens is 474 g/mol. The van der Waals surface area contributed by atoms with Crippen LogP contribution in [0.1, 0.15) is 67.6 Å². The molecule has 1 saturated heterocycles. The van der Waals surface area contributed by atoms with Crippen molar-refractivity contribution in [2.24, 2.45) is 15.4 Å². The van der Waals surface area contributed by atoms with Gasteiger partial charge in [-0.2, -0.15) is 0 Å². The quantitative estimate of drug-likeness (QED) is 0.449. The fourth-order valence-electron chi connectivity index (χ4n) is 3.60. The van der Waals surface area contributed by atoms with Crippen molar-refractivity contribution >= 4 is 53.1 Å². The van der Waals surface area contributed by atoms with E-state index >= 15 is 0 Å². The highest BCUT2D eigenvalue weighted by Crippen LogP contribution is 2.35. The Morgan fingerprint density at radius 2 is 2.06 bits per heavy atom. The lowest BCUT2D eigenvalue weighted by molar-refractivity contribution is -0.123. The monoisotopic (exact) mass is 507 g/mol. The van der Waals surface area contributed by atoms with Gasteiger partial charge in [-0.25, -0.2) is 9.98 Å². The number of hydrogen-bond acceptors (Lipinski definition) is 5. The SMILES string of the molecule is C=NC(=NC1CCOCC1)N/C(=C(\C)Cl)c1cc2c(s1)CN(CC(=O)N[C@H](C)C(C)(C)C)C2=O. The second-order valence-electron chi connectivity index (χ2n) is 9.75. The highest BCUT2D eigenvalue weighted by molar-refractivity contribution is 7.13. The summed E-state index contributed by atoms with van der Waals surface area (Å²) in [5.74, 6) is 0.0876. The molecule has 2 aliphatic rings. The first-order valence-corrected chi connectivity index (χ1v) is 12.7. The summed E-state index contributed by atoms with van der Waals surface area (Å²) in [5.41, 5.74) is 1.19. The van der Waals surface area contributed by atoms with Gasteiger partial charge in [0.15, 0.2) is 0 Å². The average molecular weight is 508 g/mol. The predicted octanol–water partition coefficient (Wildman–Crippen LogP) is 4.01. The molecule has 3 heterocycles. The Morgan fingerprint density at radius 3 is 2.62 bits per heavy atom. The highest BCUT2D eigenvalue weighted by atomic mass is 35.5. The van der Waals surface area contributed by atoms with Gasteiger partial charge in [-0.15, -0.1) is 11.3 Å². The van der Waals surface area contributed by atoms with E-state index in [2.05, 4.69) is 48.1 Å². The average Bonchev–Trinajstić information content (AvgIpc) is 3.29. The van der Waals surface area contributed by atoms with Crippen LogP contribution in [0.4, 0.5) is 0 Å². The van der Waals surface area contributed by atoms with Gasteiger partial charge in [-0.1, -0.05) is 32.4 Å². The number of halogens is 1. The third kappa shape index (κ3) is 6.46. The predicted molar refractivity (Wildman–Crippen MR) is 139 cm³/mol. The largest absolute Gasteiger partial charge is 0.381 e. The molecule has 0 bridgehead atoms. The van der Waals surface area contributed by atoms with Crippen LogP contribution >= 0.6 is 22.9 Å². The van der Waals surface area contributed by atoms with Crippen LogP contribution in [0.15, 0.2) is 21.1 Å². The lowest BCUT2D eigenvalue weighted by atomic mass is 9.88. The molecule has 2 aliphatic heterocycles. The molecule has 1 aromatic heterocycles. The maximum atomic E-state index is 13.0. The molecule has 186 valence electrons. The van der Waals surface area contributed by atoms with E-state index in [1.807, 2.05) is 13.0 Å². The van der Waals surface area contributed by atoms with E-state index in [9.17, 15) is 9.59 Å². The number of rotatable bonds is 6. The summed E-state index contributed by atoms with van der Waals surface area (Å²) in [7, 11) is 0. The van der Waals surface area contributed by atoms with Crippen molar-refractivity contribution in [3.63, 3.8) is 0 Å². The molecule has 0 unspecified atom stereocenters. The number of hydrogen-bond donors (Lipinski definition) is 2. The molecular formula is C24H34ClN5O3S. The van der Waals surface area contributed by atoms with Gasteiger partial charge in [-0.05, 0) is 44.9 Å². The molecule has 10 heteroatoms. The zero-order chi connectivity index (χ0) is 25.0. The Balaban J connectivity index is 1.69. The maximum absolute atomic E-state index is 13.0. The number of carbonyl (C=O) groups is 2. The summed E-state index contributed by atoms with van der Waals surface area (Å²) < 4.78 is 5.39. The number of carbonyl (C=O) groups excluding carboxylic acids is 2. The van der Waals surface area contributed by atoms with Gasteiger partial charge < -0.3 is 20.3 Å². The summed E-state index contributed by atoms with van der Waals surface area (Å²) in [6.45, 7) is 15.4. The first-order chi connectivity index (χ1) is 16.0. The van der Waals surface area contributed by atoms with E-state index in [-0.39, 0.29) is 35.9 Å². The van der Waals surface area contributed by atoms with E-state index in [4.69, 9.17) is 16.3 Å². The molecule has 1 atom stereocenters. The molecule has 0 radical (unpaired) electrons. The van der Waals surface area contributed by atoms with E-state index in [1.54, 1.807) is 11.8 Å². The molecule has 1 aromatic rings. The topological polar surface area (TPSA) is 95.4 Å². The van der Waals surface area contributed by atoms with E-state index < -0.39 is 0 Å². The molecule has 0 spiro atoms. The van der Waals surface area contributed by atoms with Crippen molar-refractivity contribution < 1.29 is 14.3 Å². The van der Waals surface area contributed by atoms with Crippen molar-refractivity contribution in [1.82, 2.24) is 15.5 Å². The molecule has 0 aromatic carbocycles. The minimum atomic E-state index is -0.156. The molecule has 8 nitrogen and oxygen atoms in total. The zero-order valence-electron chi connectivity index (χ0n) is 20.5. The van der Waals surface area contributed by atoms with Crippen LogP contribution in [0.2, 0.25) is 0 Å². The van der Waals surface area contributed by atoms with Crippen LogP contribution in [0.3, 0.4) is 0 Å². The smallest absolute Gasteiger partial charge is 0.255 e. The number of allylic oxidation sites excluding steroid dienone is 1. The van der Waals surface area contributed by atoms with Gasteiger partial charge in [-0.3, -0.25) is 9.59 Å². The third-order valence-electron chi connectivity index (χ3n) is 6.15. The maximum Gasteiger partial charge on any atom is 0.255 e.